The summed E-state index contributed by atoms with van der Waals surface area (Å²) in [5.41, 5.74) is 0. The summed E-state index contributed by atoms with van der Waals surface area (Å²) in [4.78, 5) is 0. The van der Waals surface area contributed by atoms with Gasteiger partial charge in [-0.05, 0) is 37.5 Å². The molecule has 0 heterocycles. The van der Waals surface area contributed by atoms with Gasteiger partial charge in [0.1, 0.15) is 9.84 Å². The molecule has 0 saturated heterocycles. The van der Waals surface area contributed by atoms with E-state index in [0.717, 1.165) is 18.8 Å². The van der Waals surface area contributed by atoms with Gasteiger partial charge in [0.15, 0.2) is 0 Å². The van der Waals surface area contributed by atoms with E-state index in [4.69, 9.17) is 0 Å². The van der Waals surface area contributed by atoms with Crippen LogP contribution in [0.5, 0.6) is 0 Å². The van der Waals surface area contributed by atoms with Crippen molar-refractivity contribution in [3.8, 4) is 0 Å². The van der Waals surface area contributed by atoms with Crippen molar-refractivity contribution in [2.45, 2.75) is 64.4 Å². The van der Waals surface area contributed by atoms with E-state index >= 15 is 0 Å². The van der Waals surface area contributed by atoms with Gasteiger partial charge in [0.25, 0.3) is 0 Å². The molecular weight excluding hydrogens is 248 g/mol. The number of rotatable bonds is 7. The Bertz CT molecular complexity index is 316. The highest BCUT2D eigenvalue weighted by molar-refractivity contribution is 7.90. The van der Waals surface area contributed by atoms with Gasteiger partial charge in [-0.3, -0.25) is 0 Å². The molecule has 1 fully saturated rings. The Balaban J connectivity index is 2.21. The Morgan fingerprint density at radius 1 is 1.22 bits per heavy atom. The van der Waals surface area contributed by atoms with Crippen LogP contribution in [0, 0.1) is 11.8 Å². The van der Waals surface area contributed by atoms with E-state index in [-0.39, 0.29) is 11.9 Å². The lowest BCUT2D eigenvalue weighted by Gasteiger charge is -2.31. The Hall–Kier alpha value is -0.0900. The summed E-state index contributed by atoms with van der Waals surface area (Å²) >= 11 is 0. The van der Waals surface area contributed by atoms with Crippen LogP contribution in [-0.4, -0.2) is 31.6 Å². The molecule has 0 bridgehead atoms. The lowest BCUT2D eigenvalue weighted by molar-refractivity contribution is 0.0653. The molecule has 1 saturated carbocycles. The van der Waals surface area contributed by atoms with Crippen LogP contribution in [0.4, 0.5) is 0 Å². The summed E-state index contributed by atoms with van der Waals surface area (Å²) in [6.45, 7) is 2.23. The molecule has 1 aliphatic rings. The molecule has 1 N–H and O–H groups in total. The second-order valence-corrected chi connectivity index (χ2v) is 8.17. The van der Waals surface area contributed by atoms with Gasteiger partial charge in [-0.2, -0.15) is 0 Å². The average molecular weight is 276 g/mol. The molecule has 0 aliphatic heterocycles. The van der Waals surface area contributed by atoms with Crippen molar-refractivity contribution in [1.82, 2.24) is 0 Å². The van der Waals surface area contributed by atoms with Crippen molar-refractivity contribution < 1.29 is 13.5 Å². The van der Waals surface area contributed by atoms with E-state index in [0.29, 0.717) is 18.8 Å². The molecule has 1 aliphatic carbocycles. The maximum atomic E-state index is 11.0. The molecule has 0 aromatic rings. The maximum absolute atomic E-state index is 11.0. The maximum Gasteiger partial charge on any atom is 0.147 e. The predicted molar refractivity (Wildman–Crippen MR) is 75.3 cm³/mol. The highest BCUT2D eigenvalue weighted by Crippen LogP contribution is 2.34. The first-order valence-electron chi connectivity index (χ1n) is 7.28. The Kier molecular flexibility index (Phi) is 6.64. The minimum Gasteiger partial charge on any atom is -0.393 e. The Morgan fingerprint density at radius 3 is 2.33 bits per heavy atom. The summed E-state index contributed by atoms with van der Waals surface area (Å²) in [5, 5.41) is 10.1. The Morgan fingerprint density at radius 2 is 1.83 bits per heavy atom. The number of sulfone groups is 1. The van der Waals surface area contributed by atoms with Gasteiger partial charge in [-0.15, -0.1) is 0 Å². The van der Waals surface area contributed by atoms with E-state index in [2.05, 4.69) is 6.92 Å². The second kappa shape index (κ2) is 7.49. The minimum atomic E-state index is -2.88. The molecule has 1 unspecified atom stereocenters. The molecule has 0 aromatic heterocycles. The van der Waals surface area contributed by atoms with Gasteiger partial charge in [0, 0.05) is 12.0 Å². The van der Waals surface area contributed by atoms with Crippen molar-refractivity contribution in [2.24, 2.45) is 11.8 Å². The normalized spacial score (nSPS) is 27.1. The van der Waals surface area contributed by atoms with Crippen molar-refractivity contribution in [3.63, 3.8) is 0 Å². The zero-order chi connectivity index (χ0) is 13.6. The highest BCUT2D eigenvalue weighted by atomic mass is 32.2. The SMILES string of the molecule is CCCC1CCC(C(O)CCCS(C)(=O)=O)CC1. The number of hydrogen-bond acceptors (Lipinski definition) is 3. The van der Waals surface area contributed by atoms with Crippen LogP contribution in [-0.2, 0) is 9.84 Å². The van der Waals surface area contributed by atoms with Crippen molar-refractivity contribution in [1.29, 1.82) is 0 Å². The van der Waals surface area contributed by atoms with Gasteiger partial charge in [0.2, 0.25) is 0 Å². The van der Waals surface area contributed by atoms with E-state index in [9.17, 15) is 13.5 Å². The topological polar surface area (TPSA) is 54.4 Å². The van der Waals surface area contributed by atoms with Crippen molar-refractivity contribution in [3.05, 3.63) is 0 Å². The lowest BCUT2D eigenvalue weighted by Crippen LogP contribution is -2.26. The van der Waals surface area contributed by atoms with Crippen LogP contribution in [0.2, 0.25) is 0 Å². The average Bonchev–Trinajstić information content (AvgIpc) is 2.28. The summed E-state index contributed by atoms with van der Waals surface area (Å²) in [6.07, 6.45) is 9.47. The first-order chi connectivity index (χ1) is 8.42. The highest BCUT2D eigenvalue weighted by Gasteiger charge is 2.25. The van der Waals surface area contributed by atoms with E-state index in [1.807, 2.05) is 0 Å². The van der Waals surface area contributed by atoms with Crippen LogP contribution < -0.4 is 0 Å². The van der Waals surface area contributed by atoms with Crippen molar-refractivity contribution in [2.75, 3.05) is 12.0 Å². The smallest absolute Gasteiger partial charge is 0.147 e. The molecule has 3 nitrogen and oxygen atoms in total. The quantitative estimate of drug-likeness (QED) is 0.778. The third-order valence-electron chi connectivity index (χ3n) is 4.15. The zero-order valence-electron chi connectivity index (χ0n) is 11.8. The van der Waals surface area contributed by atoms with E-state index in [1.54, 1.807) is 0 Å². The third kappa shape index (κ3) is 6.19. The third-order valence-corrected chi connectivity index (χ3v) is 5.18. The molecule has 108 valence electrons. The van der Waals surface area contributed by atoms with E-state index < -0.39 is 9.84 Å². The molecule has 4 heteroatoms. The molecule has 0 radical (unpaired) electrons. The van der Waals surface area contributed by atoms with Gasteiger partial charge >= 0.3 is 0 Å². The van der Waals surface area contributed by atoms with Crippen LogP contribution in [0.25, 0.3) is 0 Å². The summed E-state index contributed by atoms with van der Waals surface area (Å²) in [7, 11) is -2.88. The first-order valence-corrected chi connectivity index (χ1v) is 9.34. The van der Waals surface area contributed by atoms with Crippen LogP contribution >= 0.6 is 0 Å². The van der Waals surface area contributed by atoms with Crippen LogP contribution in [0.15, 0.2) is 0 Å². The van der Waals surface area contributed by atoms with E-state index in [1.165, 1.54) is 31.9 Å². The number of hydrogen-bond donors (Lipinski definition) is 1. The van der Waals surface area contributed by atoms with Gasteiger partial charge in [-0.25, -0.2) is 8.42 Å². The van der Waals surface area contributed by atoms with Crippen molar-refractivity contribution >= 4 is 9.84 Å². The Labute approximate surface area is 112 Å². The zero-order valence-corrected chi connectivity index (χ0v) is 12.6. The molecule has 1 rings (SSSR count). The number of aliphatic hydroxyl groups excluding tert-OH is 1. The molecule has 1 atom stereocenters. The minimum absolute atomic E-state index is 0.204. The lowest BCUT2D eigenvalue weighted by atomic mass is 9.77. The van der Waals surface area contributed by atoms with Gasteiger partial charge in [-0.1, -0.05) is 32.6 Å². The van der Waals surface area contributed by atoms with Gasteiger partial charge in [0.05, 0.1) is 6.10 Å². The summed E-state index contributed by atoms with van der Waals surface area (Å²) in [5.74, 6) is 1.46. The van der Waals surface area contributed by atoms with Crippen LogP contribution in [0.3, 0.4) is 0 Å². The summed E-state index contributed by atoms with van der Waals surface area (Å²) < 4.78 is 22.0. The molecule has 0 aromatic carbocycles. The predicted octanol–water partition coefficient (Wildman–Crippen LogP) is 2.78. The fourth-order valence-electron chi connectivity index (χ4n) is 3.06. The summed E-state index contributed by atoms with van der Waals surface area (Å²) in [6, 6.07) is 0. The standard InChI is InChI=1S/C14H28O3S/c1-3-5-12-7-9-13(10-8-12)14(15)6-4-11-18(2,16)17/h12-15H,3-11H2,1-2H3. The molecule has 18 heavy (non-hydrogen) atoms. The van der Waals surface area contributed by atoms with Gasteiger partial charge < -0.3 is 5.11 Å². The molecule has 0 amide bonds. The first kappa shape index (κ1) is 16.0. The monoisotopic (exact) mass is 276 g/mol. The number of aliphatic hydroxyl groups is 1. The second-order valence-electron chi connectivity index (χ2n) is 5.91. The molecular formula is C14H28O3S. The fraction of sp³-hybridized carbons (Fsp3) is 1.00. The largest absolute Gasteiger partial charge is 0.393 e. The van der Waals surface area contributed by atoms with Crippen LogP contribution in [0.1, 0.15) is 58.3 Å². The fourth-order valence-corrected chi connectivity index (χ4v) is 3.75. The molecule has 0 spiro atoms.